The minimum Gasteiger partial charge on any atom is -0.461 e. The van der Waals surface area contributed by atoms with Crippen molar-refractivity contribution in [2.45, 2.75) is 155 Å². The molecule has 14 nitrogen and oxygen atoms in total. The van der Waals surface area contributed by atoms with Crippen LogP contribution in [0, 0.1) is 0 Å². The van der Waals surface area contributed by atoms with Gasteiger partial charge in [0.15, 0.2) is 0 Å². The fourth-order valence-electron chi connectivity index (χ4n) is 8.08. The summed E-state index contributed by atoms with van der Waals surface area (Å²) in [5.41, 5.74) is 10.3. The largest absolute Gasteiger partial charge is 0.461 e. The van der Waals surface area contributed by atoms with Crippen LogP contribution in [0.25, 0.3) is 10.4 Å². The van der Waals surface area contributed by atoms with E-state index in [2.05, 4.69) is 31.3 Å². The second-order valence-electron chi connectivity index (χ2n) is 16.0. The van der Waals surface area contributed by atoms with Gasteiger partial charge in [0, 0.05) is 46.1 Å². The van der Waals surface area contributed by atoms with Crippen molar-refractivity contribution in [1.29, 1.82) is 0 Å². The summed E-state index contributed by atoms with van der Waals surface area (Å²) in [6.45, 7) is 1.25. The van der Waals surface area contributed by atoms with E-state index in [1.165, 1.54) is 38.5 Å². The Kier molecular flexibility index (Phi) is 21.5. The predicted molar refractivity (Wildman–Crippen MR) is 243 cm³/mol. The maximum Gasteiger partial charge on any atom is 0.315 e. The highest BCUT2D eigenvalue weighted by atomic mass is 32.2. The van der Waals surface area contributed by atoms with Crippen LogP contribution in [0.15, 0.2) is 65.8 Å². The third kappa shape index (κ3) is 17.0. The molecule has 4 amide bonds. The number of hydrogen-bond acceptors (Lipinski definition) is 10. The van der Waals surface area contributed by atoms with E-state index < -0.39 is 10.8 Å². The summed E-state index contributed by atoms with van der Waals surface area (Å²) in [7, 11) is -0.920. The van der Waals surface area contributed by atoms with Gasteiger partial charge in [-0.25, -0.2) is 9.59 Å². The molecule has 17 heteroatoms. The second-order valence-corrected chi connectivity index (χ2v) is 20.6. The smallest absolute Gasteiger partial charge is 0.315 e. The van der Waals surface area contributed by atoms with Crippen LogP contribution in [0.1, 0.15) is 114 Å². The first-order chi connectivity index (χ1) is 29.8. The molecule has 4 heterocycles. The number of carbonyl (C=O) groups is 4. The number of benzene rings is 2. The first-order valence-corrected chi connectivity index (χ1v) is 25.4. The Morgan fingerprint density at radius 3 is 1.87 bits per heavy atom. The lowest BCUT2D eigenvalue weighted by molar-refractivity contribution is -0.146. The van der Waals surface area contributed by atoms with Gasteiger partial charge >= 0.3 is 24.0 Å². The molecule has 4 aliphatic heterocycles. The first kappa shape index (κ1) is 48.1. The van der Waals surface area contributed by atoms with Crippen molar-refractivity contribution in [3.63, 3.8) is 0 Å². The Morgan fingerprint density at radius 2 is 1.25 bits per heavy atom. The number of unbranched alkanes of at least 4 members (excludes halogenated alkanes) is 9. The van der Waals surface area contributed by atoms with Gasteiger partial charge in [-0.1, -0.05) is 117 Å². The Bertz CT molecular complexity index is 1740. The summed E-state index contributed by atoms with van der Waals surface area (Å²) in [5, 5.41) is 15.9. The topological polar surface area (TPSA) is 201 Å². The number of carbonyl (C=O) groups excluding carboxylic acids is 4. The average molecular weight is 898 g/mol. The van der Waals surface area contributed by atoms with Gasteiger partial charge in [-0.15, -0.1) is 23.5 Å². The standard InChI is InChI=1S/C27H41N5O3S2.C17H22N2O4S/c28-32-29-18-12-5-3-1-2-4-6-13-19-36-26-25-24(30-27(34)31-25)22(37-26)16-10-11-17-23(33)35-20-21-14-8-7-9-15-21;20-15(23-10-12-6-2-1-3-7-12)9-5-4-8-14-16-13(11-24(14)22)18-17(21)19-16/h7-9,14-15,22,24-26H,1-6,10-13,16-20H2,(H2,30,31,34);1-3,6-7,13-14,16H,4-5,8-11H2,(H2,18,19,21)/t22-,24+,25+,26+;13-,14-,16-,24-/m00/s1. The lowest BCUT2D eigenvalue weighted by atomic mass is 10.0. The van der Waals surface area contributed by atoms with Gasteiger partial charge in [0.05, 0.1) is 34.0 Å². The maximum atomic E-state index is 12.1. The van der Waals surface area contributed by atoms with E-state index >= 15 is 0 Å². The van der Waals surface area contributed by atoms with E-state index in [4.69, 9.17) is 15.0 Å². The Morgan fingerprint density at radius 1 is 0.705 bits per heavy atom. The van der Waals surface area contributed by atoms with E-state index in [9.17, 15) is 23.4 Å². The molecule has 0 saturated carbocycles. The van der Waals surface area contributed by atoms with Crippen molar-refractivity contribution in [2.75, 3.05) is 18.1 Å². The molecule has 0 aliphatic carbocycles. The van der Waals surface area contributed by atoms with Crippen LogP contribution in [0.2, 0.25) is 0 Å². The zero-order chi connectivity index (χ0) is 43.1. The molecular weight excluding hydrogens is 835 g/mol. The van der Waals surface area contributed by atoms with Crippen LogP contribution in [0.3, 0.4) is 0 Å². The van der Waals surface area contributed by atoms with Crippen molar-refractivity contribution >= 4 is 58.3 Å². The van der Waals surface area contributed by atoms with Crippen LogP contribution in [-0.2, 0) is 43.1 Å². The number of amides is 4. The fraction of sp³-hybridized carbons (Fsp3) is 0.636. The molecule has 0 radical (unpaired) electrons. The predicted octanol–water partition coefficient (Wildman–Crippen LogP) is 8.42. The number of azide groups is 1. The summed E-state index contributed by atoms with van der Waals surface area (Å²) < 4.78 is 23.1. The molecule has 0 unspecified atom stereocenters. The molecule has 4 N–H and O–H groups in total. The van der Waals surface area contributed by atoms with Gasteiger partial charge in [0.1, 0.15) is 13.2 Å². The Balaban J connectivity index is 0.000000252. The summed E-state index contributed by atoms with van der Waals surface area (Å²) in [5.74, 6) is 1.30. The molecule has 6 rings (SSSR count). The highest BCUT2D eigenvalue weighted by Crippen LogP contribution is 2.44. The van der Waals surface area contributed by atoms with Crippen molar-refractivity contribution in [1.82, 2.24) is 21.3 Å². The van der Waals surface area contributed by atoms with Gasteiger partial charge in [-0.05, 0) is 60.9 Å². The molecule has 4 saturated heterocycles. The summed E-state index contributed by atoms with van der Waals surface area (Å²) in [6, 6.07) is 19.4. The van der Waals surface area contributed by atoms with Crippen molar-refractivity contribution in [3.8, 4) is 0 Å². The van der Waals surface area contributed by atoms with E-state index in [0.717, 1.165) is 61.8 Å². The number of esters is 2. The molecule has 0 spiro atoms. The van der Waals surface area contributed by atoms with Gasteiger partial charge in [0.2, 0.25) is 0 Å². The molecule has 334 valence electrons. The number of thioether (sulfide) groups is 2. The number of fused-ring (bicyclic) bond motifs is 2. The molecule has 2 aromatic carbocycles. The van der Waals surface area contributed by atoms with Crippen LogP contribution in [0.4, 0.5) is 9.59 Å². The number of nitrogens with one attached hydrogen (secondary N) is 4. The van der Waals surface area contributed by atoms with Crippen LogP contribution in [-0.4, -0.2) is 85.5 Å². The van der Waals surface area contributed by atoms with Crippen LogP contribution >= 0.6 is 23.5 Å². The normalized spacial score (nSPS) is 24.5. The van der Waals surface area contributed by atoms with Gasteiger partial charge in [-0.2, -0.15) is 0 Å². The van der Waals surface area contributed by atoms with Crippen molar-refractivity contribution in [3.05, 3.63) is 82.2 Å². The first-order valence-electron chi connectivity index (χ1n) is 22.0. The van der Waals surface area contributed by atoms with Crippen molar-refractivity contribution in [2.24, 2.45) is 5.11 Å². The average Bonchev–Trinajstić information content (AvgIpc) is 4.00. The van der Waals surface area contributed by atoms with Crippen LogP contribution < -0.4 is 21.3 Å². The van der Waals surface area contributed by atoms with Crippen LogP contribution in [0.5, 0.6) is 0 Å². The van der Waals surface area contributed by atoms with E-state index in [1.807, 2.05) is 84.2 Å². The molecular formula is C44H63N7O7S3. The lowest BCUT2D eigenvalue weighted by Crippen LogP contribution is -2.38. The highest BCUT2D eigenvalue weighted by Gasteiger charge is 2.49. The number of hydrogen-bond donors (Lipinski definition) is 4. The maximum absolute atomic E-state index is 12.1. The number of nitrogens with zero attached hydrogens (tertiary/aromatic N) is 3. The van der Waals surface area contributed by atoms with Gasteiger partial charge in [-0.3, -0.25) is 13.8 Å². The quantitative estimate of drug-likeness (QED) is 0.0179. The molecule has 4 aliphatic rings. The Hall–Kier alpha value is -3.92. The zero-order valence-corrected chi connectivity index (χ0v) is 37.5. The summed E-state index contributed by atoms with van der Waals surface area (Å²) in [6.07, 6.45) is 15.5. The number of urea groups is 2. The molecule has 61 heavy (non-hydrogen) atoms. The SMILES string of the molecule is O=C1N[C@H]2[C@H](C[S@](=O)[C@H]2CCCCC(=O)OCc2ccccc2)N1.[N-]=[N+]=NCCCCCCCCCCS[C@@H]1S[C@@H](CCCCC(=O)OCc2ccccc2)[C@H]2NC(=O)N[C@@H]12. The monoisotopic (exact) mass is 897 g/mol. The van der Waals surface area contributed by atoms with E-state index in [-0.39, 0.29) is 53.4 Å². The third-order valence-corrected chi connectivity index (χ3v) is 16.6. The molecule has 4 fully saturated rings. The molecule has 0 aromatic heterocycles. The molecule has 2 aromatic rings. The Labute approximate surface area is 371 Å². The van der Waals surface area contributed by atoms with E-state index in [1.54, 1.807) is 0 Å². The lowest BCUT2D eigenvalue weighted by Gasteiger charge is -2.16. The molecule has 8 atom stereocenters. The fourth-order valence-corrected chi connectivity index (χ4v) is 13.5. The van der Waals surface area contributed by atoms with Gasteiger partial charge < -0.3 is 30.7 Å². The minimum atomic E-state index is -0.920. The second kappa shape index (κ2) is 27.2. The minimum absolute atomic E-state index is 0.0147. The van der Waals surface area contributed by atoms with Gasteiger partial charge in [0.25, 0.3) is 0 Å². The number of ether oxygens (including phenoxy) is 2. The third-order valence-electron chi connectivity index (χ3n) is 11.3. The van der Waals surface area contributed by atoms with Crippen molar-refractivity contribution < 1.29 is 32.9 Å². The zero-order valence-electron chi connectivity index (χ0n) is 35.1. The summed E-state index contributed by atoms with van der Waals surface area (Å²) >= 11 is 3.98. The van der Waals surface area contributed by atoms with E-state index in [0.29, 0.717) is 54.6 Å². The molecule has 0 bridgehead atoms. The number of rotatable bonds is 26. The summed E-state index contributed by atoms with van der Waals surface area (Å²) in [4.78, 5) is 50.0. The highest BCUT2D eigenvalue weighted by molar-refractivity contribution is 8.17.